The fourth-order valence-electron chi connectivity index (χ4n) is 1.94. The molecule has 100 valence electrons. The second-order valence-corrected chi connectivity index (χ2v) is 8.02. The second kappa shape index (κ2) is 4.57. The van der Waals surface area contributed by atoms with Crippen LogP contribution >= 0.6 is 0 Å². The lowest BCUT2D eigenvalue weighted by Gasteiger charge is -2.36. The minimum Gasteiger partial charge on any atom is -0.393 e. The Morgan fingerprint density at radius 3 is 2.24 bits per heavy atom. The Labute approximate surface area is 103 Å². The monoisotopic (exact) mass is 263 g/mol. The highest BCUT2D eigenvalue weighted by Crippen LogP contribution is 2.28. The molecule has 0 aromatic carbocycles. The third-order valence-electron chi connectivity index (χ3n) is 3.53. The smallest absolute Gasteiger partial charge is 0.243 e. The summed E-state index contributed by atoms with van der Waals surface area (Å²) in [6.45, 7) is 3.36. The van der Waals surface area contributed by atoms with Crippen LogP contribution in [0.2, 0.25) is 0 Å². The summed E-state index contributed by atoms with van der Waals surface area (Å²) < 4.78 is 21.7. The van der Waals surface area contributed by atoms with Gasteiger partial charge < -0.3 is 10.0 Å². The van der Waals surface area contributed by atoms with Gasteiger partial charge in [0.05, 0.1) is 6.10 Å². The molecule has 1 rings (SSSR count). The van der Waals surface area contributed by atoms with Crippen molar-refractivity contribution in [3.8, 4) is 0 Å². The quantitative estimate of drug-likeness (QED) is 0.777. The van der Waals surface area contributed by atoms with Gasteiger partial charge in [-0.05, 0) is 32.6 Å². The zero-order valence-electron chi connectivity index (χ0n) is 10.8. The van der Waals surface area contributed by atoms with Gasteiger partial charge in [-0.3, -0.25) is 4.79 Å². The SMILES string of the molecule is CN(CC1CC(O)C1)C(=O)C(C)(C)S(C)(=O)=O. The van der Waals surface area contributed by atoms with Crippen molar-refractivity contribution in [2.75, 3.05) is 19.8 Å². The number of aliphatic hydroxyl groups excluding tert-OH is 1. The van der Waals surface area contributed by atoms with Crippen molar-refractivity contribution in [2.45, 2.75) is 37.5 Å². The van der Waals surface area contributed by atoms with Crippen LogP contribution in [-0.4, -0.2) is 55.0 Å². The predicted molar refractivity (Wildman–Crippen MR) is 65.3 cm³/mol. The van der Waals surface area contributed by atoms with E-state index in [-0.39, 0.29) is 17.9 Å². The van der Waals surface area contributed by atoms with Crippen LogP contribution in [0.25, 0.3) is 0 Å². The number of rotatable bonds is 4. The van der Waals surface area contributed by atoms with Crippen LogP contribution in [0.3, 0.4) is 0 Å². The molecule has 0 aliphatic heterocycles. The van der Waals surface area contributed by atoms with Crippen molar-refractivity contribution in [3.05, 3.63) is 0 Å². The summed E-state index contributed by atoms with van der Waals surface area (Å²) in [4.78, 5) is 13.5. The molecular weight excluding hydrogens is 242 g/mol. The standard InChI is InChI=1S/C11H21NO4S/c1-11(2,17(4,15)16)10(14)12(3)7-8-5-9(13)6-8/h8-9,13H,5-7H2,1-4H3. The summed E-state index contributed by atoms with van der Waals surface area (Å²) in [6, 6.07) is 0. The molecule has 1 aliphatic rings. The molecule has 1 saturated carbocycles. The Bertz CT molecular complexity index is 396. The molecule has 1 N–H and O–H groups in total. The average Bonchev–Trinajstić information content (AvgIpc) is 2.12. The first-order valence-electron chi connectivity index (χ1n) is 5.69. The fourth-order valence-corrected chi connectivity index (χ4v) is 2.41. The molecule has 1 amide bonds. The molecule has 5 nitrogen and oxygen atoms in total. The van der Waals surface area contributed by atoms with Crippen molar-refractivity contribution < 1.29 is 18.3 Å². The minimum absolute atomic E-state index is 0.258. The number of nitrogens with zero attached hydrogens (tertiary/aromatic N) is 1. The molecule has 17 heavy (non-hydrogen) atoms. The highest BCUT2D eigenvalue weighted by molar-refractivity contribution is 7.92. The molecule has 0 aromatic rings. The third-order valence-corrected chi connectivity index (χ3v) is 5.56. The van der Waals surface area contributed by atoms with Gasteiger partial charge in [0.1, 0.15) is 4.75 Å². The summed E-state index contributed by atoms with van der Waals surface area (Å²) >= 11 is 0. The van der Waals surface area contributed by atoms with Crippen molar-refractivity contribution in [1.29, 1.82) is 0 Å². The van der Waals surface area contributed by atoms with E-state index in [2.05, 4.69) is 0 Å². The maximum Gasteiger partial charge on any atom is 0.243 e. The lowest BCUT2D eigenvalue weighted by Crippen LogP contribution is -2.50. The first-order chi connectivity index (χ1) is 7.55. The summed E-state index contributed by atoms with van der Waals surface area (Å²) in [7, 11) is -1.81. The van der Waals surface area contributed by atoms with E-state index >= 15 is 0 Å². The third kappa shape index (κ3) is 2.98. The molecular formula is C11H21NO4S. The lowest BCUT2D eigenvalue weighted by molar-refractivity contribution is -0.133. The van der Waals surface area contributed by atoms with Crippen LogP contribution in [0.5, 0.6) is 0 Å². The topological polar surface area (TPSA) is 74.7 Å². The zero-order valence-corrected chi connectivity index (χ0v) is 11.6. The lowest BCUT2D eigenvalue weighted by atomic mass is 9.82. The van der Waals surface area contributed by atoms with Gasteiger partial charge in [0.15, 0.2) is 9.84 Å². The van der Waals surface area contributed by atoms with Crippen LogP contribution in [0.4, 0.5) is 0 Å². The molecule has 0 radical (unpaired) electrons. The summed E-state index contributed by atoms with van der Waals surface area (Å²) in [6.07, 6.45) is 2.20. The Morgan fingerprint density at radius 1 is 1.41 bits per heavy atom. The van der Waals surface area contributed by atoms with Gasteiger partial charge in [-0.25, -0.2) is 8.42 Å². The molecule has 0 spiro atoms. The van der Waals surface area contributed by atoms with E-state index in [1.165, 1.54) is 18.7 Å². The first kappa shape index (κ1) is 14.4. The molecule has 0 heterocycles. The molecule has 0 bridgehead atoms. The van der Waals surface area contributed by atoms with Crippen molar-refractivity contribution in [3.63, 3.8) is 0 Å². The maximum atomic E-state index is 12.1. The number of amides is 1. The number of carbonyl (C=O) groups is 1. The van der Waals surface area contributed by atoms with Crippen molar-refractivity contribution >= 4 is 15.7 Å². The highest BCUT2D eigenvalue weighted by Gasteiger charge is 2.41. The molecule has 1 fully saturated rings. The fraction of sp³-hybridized carbons (Fsp3) is 0.909. The summed E-state index contributed by atoms with van der Waals surface area (Å²) in [5, 5.41) is 9.16. The Morgan fingerprint density at radius 2 is 1.88 bits per heavy atom. The Balaban J connectivity index is 2.64. The van der Waals surface area contributed by atoms with E-state index in [0.717, 1.165) is 6.26 Å². The van der Waals surface area contributed by atoms with Crippen LogP contribution in [0.15, 0.2) is 0 Å². The Kier molecular flexibility index (Phi) is 3.88. The number of hydrogen-bond donors (Lipinski definition) is 1. The normalized spacial score (nSPS) is 25.2. The van der Waals surface area contributed by atoms with Gasteiger partial charge in [-0.15, -0.1) is 0 Å². The minimum atomic E-state index is -3.42. The van der Waals surface area contributed by atoms with Crippen LogP contribution in [-0.2, 0) is 14.6 Å². The largest absolute Gasteiger partial charge is 0.393 e. The van der Waals surface area contributed by atoms with Crippen molar-refractivity contribution in [1.82, 2.24) is 4.90 Å². The van der Waals surface area contributed by atoms with E-state index in [0.29, 0.717) is 19.4 Å². The van der Waals surface area contributed by atoms with Gasteiger partial charge in [-0.2, -0.15) is 0 Å². The Hall–Kier alpha value is -0.620. The van der Waals surface area contributed by atoms with Gasteiger partial charge >= 0.3 is 0 Å². The second-order valence-electron chi connectivity index (χ2n) is 5.46. The molecule has 0 aromatic heterocycles. The van der Waals surface area contributed by atoms with E-state index in [1.807, 2.05) is 0 Å². The zero-order chi connectivity index (χ0) is 13.4. The van der Waals surface area contributed by atoms with Gasteiger partial charge in [0, 0.05) is 19.8 Å². The van der Waals surface area contributed by atoms with Crippen LogP contribution in [0.1, 0.15) is 26.7 Å². The predicted octanol–water partition coefficient (Wildman–Crippen LogP) is 0.0389. The molecule has 0 saturated heterocycles. The molecule has 0 unspecified atom stereocenters. The van der Waals surface area contributed by atoms with E-state index in [9.17, 15) is 13.2 Å². The molecule has 6 heteroatoms. The average molecular weight is 263 g/mol. The summed E-state index contributed by atoms with van der Waals surface area (Å²) in [5.41, 5.74) is 0. The van der Waals surface area contributed by atoms with E-state index in [1.54, 1.807) is 7.05 Å². The number of sulfone groups is 1. The maximum absolute atomic E-state index is 12.1. The van der Waals surface area contributed by atoms with E-state index < -0.39 is 14.6 Å². The van der Waals surface area contributed by atoms with E-state index in [4.69, 9.17) is 5.11 Å². The summed E-state index contributed by atoms with van der Waals surface area (Å²) in [5.74, 6) is -0.101. The van der Waals surface area contributed by atoms with Gasteiger partial charge in [-0.1, -0.05) is 0 Å². The van der Waals surface area contributed by atoms with Crippen LogP contribution < -0.4 is 0 Å². The van der Waals surface area contributed by atoms with Gasteiger partial charge in [0.2, 0.25) is 5.91 Å². The van der Waals surface area contributed by atoms with Gasteiger partial charge in [0.25, 0.3) is 0 Å². The van der Waals surface area contributed by atoms with Crippen LogP contribution in [0, 0.1) is 5.92 Å². The molecule has 1 aliphatic carbocycles. The molecule has 0 atom stereocenters. The highest BCUT2D eigenvalue weighted by atomic mass is 32.2. The number of carbonyl (C=O) groups excluding carboxylic acids is 1. The van der Waals surface area contributed by atoms with Crippen molar-refractivity contribution in [2.24, 2.45) is 5.92 Å². The number of hydrogen-bond acceptors (Lipinski definition) is 4. The number of aliphatic hydroxyl groups is 1. The first-order valence-corrected chi connectivity index (χ1v) is 7.58.